The van der Waals surface area contributed by atoms with E-state index in [2.05, 4.69) is 20.3 Å². The number of hydrogen-bond acceptors (Lipinski definition) is 8. The molecule has 1 amide bonds. The number of rotatable bonds is 6. The summed E-state index contributed by atoms with van der Waals surface area (Å²) in [5.41, 5.74) is 11.7. The maximum absolute atomic E-state index is 13.7. The molecule has 0 spiro atoms. The zero-order valence-electron chi connectivity index (χ0n) is 19.0. The van der Waals surface area contributed by atoms with Gasteiger partial charge in [0.2, 0.25) is 5.91 Å². The van der Waals surface area contributed by atoms with Crippen LogP contribution >= 0.6 is 11.6 Å². The largest absolute Gasteiger partial charge is 0.418 e. The van der Waals surface area contributed by atoms with Gasteiger partial charge in [-0.3, -0.25) is 4.79 Å². The second-order valence-electron chi connectivity index (χ2n) is 9.32. The van der Waals surface area contributed by atoms with E-state index in [1.807, 2.05) is 0 Å². The molecule has 2 fully saturated rings. The molecule has 5 rings (SSSR count). The van der Waals surface area contributed by atoms with Crippen molar-refractivity contribution in [2.24, 2.45) is 5.73 Å². The first-order valence-electron chi connectivity index (χ1n) is 11.3. The Morgan fingerprint density at radius 3 is 2.75 bits per heavy atom. The molecular formula is C22H24ClF3N8O2. The molecule has 1 aromatic carbocycles. The SMILES string of the molecule is Nc1ncnc2c1ncn2Cc1c(C(O)C(F)(F)F)cc(Cl)cc1N1CC[C@](N)(C(=O)NC2CC2)C1. The number of carbonyl (C=O) groups excluding carboxylic acids is 1. The molecule has 0 bridgehead atoms. The third kappa shape index (κ3) is 4.53. The quantitative estimate of drug-likeness (QED) is 0.382. The van der Waals surface area contributed by atoms with Crippen LogP contribution in [0.3, 0.4) is 0 Å². The van der Waals surface area contributed by atoms with Crippen molar-refractivity contribution in [2.75, 3.05) is 23.7 Å². The Balaban J connectivity index is 1.57. The van der Waals surface area contributed by atoms with Gasteiger partial charge in [0.15, 0.2) is 17.6 Å². The van der Waals surface area contributed by atoms with Crippen LogP contribution in [0.4, 0.5) is 24.7 Å². The number of benzene rings is 1. The van der Waals surface area contributed by atoms with E-state index in [4.69, 9.17) is 23.1 Å². The van der Waals surface area contributed by atoms with Crippen LogP contribution in [0.1, 0.15) is 36.5 Å². The van der Waals surface area contributed by atoms with E-state index >= 15 is 0 Å². The van der Waals surface area contributed by atoms with Gasteiger partial charge in [0.1, 0.15) is 17.4 Å². The highest BCUT2D eigenvalue weighted by molar-refractivity contribution is 6.31. The fraction of sp³-hybridized carbons (Fsp3) is 0.455. The molecular weight excluding hydrogens is 501 g/mol. The minimum atomic E-state index is -4.94. The topological polar surface area (TPSA) is 148 Å². The zero-order valence-corrected chi connectivity index (χ0v) is 19.7. The Hall–Kier alpha value is -3.16. The fourth-order valence-corrected chi connectivity index (χ4v) is 4.70. The third-order valence-corrected chi connectivity index (χ3v) is 6.81. The second-order valence-corrected chi connectivity index (χ2v) is 9.75. The minimum absolute atomic E-state index is 0.00561. The number of halogens is 4. The van der Waals surface area contributed by atoms with Gasteiger partial charge in [-0.15, -0.1) is 0 Å². The van der Waals surface area contributed by atoms with Crippen molar-refractivity contribution < 1.29 is 23.1 Å². The first kappa shape index (κ1) is 24.5. The predicted octanol–water partition coefficient (Wildman–Crippen LogP) is 1.89. The second kappa shape index (κ2) is 8.75. The van der Waals surface area contributed by atoms with Gasteiger partial charge in [0, 0.05) is 35.4 Å². The number of fused-ring (bicyclic) bond motifs is 1. The van der Waals surface area contributed by atoms with Gasteiger partial charge in [-0.05, 0) is 37.0 Å². The van der Waals surface area contributed by atoms with Gasteiger partial charge in [-0.1, -0.05) is 11.6 Å². The highest BCUT2D eigenvalue weighted by atomic mass is 35.5. The van der Waals surface area contributed by atoms with Crippen LogP contribution in [-0.4, -0.2) is 61.4 Å². The molecule has 2 aliphatic rings. The van der Waals surface area contributed by atoms with E-state index in [1.165, 1.54) is 23.3 Å². The summed E-state index contributed by atoms with van der Waals surface area (Å²) in [5.74, 6) is -0.167. The predicted molar refractivity (Wildman–Crippen MR) is 126 cm³/mol. The molecule has 6 N–H and O–H groups in total. The summed E-state index contributed by atoms with van der Waals surface area (Å²) < 4.78 is 42.5. The lowest BCUT2D eigenvalue weighted by Gasteiger charge is -2.29. The van der Waals surface area contributed by atoms with Crippen molar-refractivity contribution in [3.05, 3.63) is 40.9 Å². The van der Waals surface area contributed by atoms with Crippen LogP contribution in [-0.2, 0) is 11.3 Å². The summed E-state index contributed by atoms with van der Waals surface area (Å²) in [4.78, 5) is 26.7. The number of amides is 1. The number of nitrogens with zero attached hydrogens (tertiary/aromatic N) is 5. The lowest BCUT2D eigenvalue weighted by Crippen LogP contribution is -2.56. The van der Waals surface area contributed by atoms with Crippen LogP contribution in [0.5, 0.6) is 0 Å². The summed E-state index contributed by atoms with van der Waals surface area (Å²) in [5, 5.41) is 13.2. The van der Waals surface area contributed by atoms with Crippen molar-refractivity contribution in [2.45, 2.75) is 49.7 Å². The first-order chi connectivity index (χ1) is 17.0. The molecule has 0 radical (unpaired) electrons. The van der Waals surface area contributed by atoms with Gasteiger partial charge in [0.05, 0.1) is 12.9 Å². The van der Waals surface area contributed by atoms with Gasteiger partial charge >= 0.3 is 6.18 Å². The molecule has 1 aliphatic carbocycles. The van der Waals surface area contributed by atoms with Gasteiger partial charge in [-0.2, -0.15) is 13.2 Å². The number of aromatic nitrogens is 4. The number of aliphatic hydroxyl groups is 1. The molecule has 192 valence electrons. The number of hydrogen-bond donors (Lipinski definition) is 4. The third-order valence-electron chi connectivity index (χ3n) is 6.59. The van der Waals surface area contributed by atoms with Gasteiger partial charge < -0.3 is 31.4 Å². The molecule has 1 saturated heterocycles. The van der Waals surface area contributed by atoms with Crippen molar-refractivity contribution in [1.29, 1.82) is 0 Å². The fourth-order valence-electron chi connectivity index (χ4n) is 4.48. The molecule has 10 nitrogen and oxygen atoms in total. The van der Waals surface area contributed by atoms with Crippen LogP contribution in [0, 0.1) is 0 Å². The van der Waals surface area contributed by atoms with Crippen molar-refractivity contribution in [1.82, 2.24) is 24.8 Å². The lowest BCUT2D eigenvalue weighted by atomic mass is 9.98. The van der Waals surface area contributed by atoms with Crippen LogP contribution in [0.25, 0.3) is 11.2 Å². The summed E-state index contributed by atoms with van der Waals surface area (Å²) in [6, 6.07) is 2.72. The summed E-state index contributed by atoms with van der Waals surface area (Å²) in [7, 11) is 0. The molecule has 3 aromatic rings. The number of aliphatic hydroxyl groups excluding tert-OH is 1. The van der Waals surface area contributed by atoms with Crippen LogP contribution in [0.2, 0.25) is 5.02 Å². The number of anilines is 2. The maximum Gasteiger partial charge on any atom is 0.418 e. The minimum Gasteiger partial charge on any atom is -0.382 e. The number of carbonyl (C=O) groups is 1. The van der Waals surface area contributed by atoms with Crippen LogP contribution < -0.4 is 21.7 Å². The molecule has 2 atom stereocenters. The van der Waals surface area contributed by atoms with E-state index in [-0.39, 0.29) is 41.4 Å². The summed E-state index contributed by atoms with van der Waals surface area (Å²) in [6.45, 7) is 0.244. The highest BCUT2D eigenvalue weighted by Crippen LogP contribution is 2.41. The van der Waals surface area contributed by atoms with E-state index in [0.29, 0.717) is 29.8 Å². The molecule has 1 saturated carbocycles. The monoisotopic (exact) mass is 524 g/mol. The van der Waals surface area contributed by atoms with E-state index in [1.54, 1.807) is 4.90 Å². The Morgan fingerprint density at radius 1 is 1.31 bits per heavy atom. The summed E-state index contributed by atoms with van der Waals surface area (Å²) >= 11 is 6.23. The number of nitrogen functional groups attached to an aromatic ring is 1. The van der Waals surface area contributed by atoms with Crippen LogP contribution in [0.15, 0.2) is 24.8 Å². The van der Waals surface area contributed by atoms with E-state index < -0.39 is 23.4 Å². The van der Waals surface area contributed by atoms with Gasteiger partial charge in [-0.25, -0.2) is 15.0 Å². The highest BCUT2D eigenvalue weighted by Gasteiger charge is 2.45. The Labute approximate surface area is 208 Å². The molecule has 3 heterocycles. The number of alkyl halides is 3. The summed E-state index contributed by atoms with van der Waals surface area (Å²) in [6.07, 6.45) is -3.02. The Bertz CT molecular complexity index is 1330. The van der Waals surface area contributed by atoms with Crippen molar-refractivity contribution in [3.8, 4) is 0 Å². The van der Waals surface area contributed by atoms with Gasteiger partial charge in [0.25, 0.3) is 0 Å². The number of imidazole rings is 1. The molecule has 36 heavy (non-hydrogen) atoms. The smallest absolute Gasteiger partial charge is 0.382 e. The number of nitrogens with one attached hydrogen (secondary N) is 1. The van der Waals surface area contributed by atoms with E-state index in [9.17, 15) is 23.1 Å². The lowest BCUT2D eigenvalue weighted by molar-refractivity contribution is -0.207. The number of nitrogens with two attached hydrogens (primary N) is 2. The van der Waals surface area contributed by atoms with Crippen molar-refractivity contribution in [3.63, 3.8) is 0 Å². The average molecular weight is 525 g/mol. The average Bonchev–Trinajstić information content (AvgIpc) is 3.38. The van der Waals surface area contributed by atoms with Crippen molar-refractivity contribution >= 4 is 40.2 Å². The Morgan fingerprint density at radius 2 is 2.06 bits per heavy atom. The maximum atomic E-state index is 13.7. The normalized spacial score (nSPS) is 21.2. The first-order valence-corrected chi connectivity index (χ1v) is 11.7. The van der Waals surface area contributed by atoms with E-state index in [0.717, 1.165) is 18.9 Å². The molecule has 2 aromatic heterocycles. The zero-order chi connectivity index (χ0) is 25.8. The molecule has 1 unspecified atom stereocenters. The standard InChI is InChI=1S/C22H24ClF3N8O2/c23-11-5-13(17(35)22(24,25)26)14(7-34-10-31-16-18(27)29-9-30-19(16)34)15(6-11)33-4-3-21(28,8-33)20(36)32-12-1-2-12/h5-6,9-10,12,17,35H,1-4,7-8,28H2,(H,32,36)(H2,27,29,30)/t17?,21-/m1/s1. The molecule has 1 aliphatic heterocycles. The molecule has 14 heteroatoms. The Kier molecular flexibility index (Phi) is 5.96.